The van der Waals surface area contributed by atoms with Gasteiger partial charge in [0.25, 0.3) is 5.91 Å². The van der Waals surface area contributed by atoms with Crippen molar-refractivity contribution in [3.63, 3.8) is 0 Å². The van der Waals surface area contributed by atoms with Crippen LogP contribution in [-0.2, 0) is 4.79 Å². The molecule has 1 saturated carbocycles. The van der Waals surface area contributed by atoms with Gasteiger partial charge in [-0.1, -0.05) is 41.9 Å². The summed E-state index contributed by atoms with van der Waals surface area (Å²) in [6.07, 6.45) is 0.902. The summed E-state index contributed by atoms with van der Waals surface area (Å²) in [6.45, 7) is -0.0213. The number of hydrogen-bond donors (Lipinski definition) is 2. The van der Waals surface area contributed by atoms with Crippen LogP contribution in [0.2, 0.25) is 5.02 Å². The van der Waals surface area contributed by atoms with E-state index < -0.39 is 0 Å². The average Bonchev–Trinajstić information content (AvgIpc) is 3.32. The van der Waals surface area contributed by atoms with Gasteiger partial charge in [0.15, 0.2) is 0 Å². The zero-order chi connectivity index (χ0) is 16.2. The molecule has 1 aliphatic carbocycles. The van der Waals surface area contributed by atoms with E-state index in [-0.39, 0.29) is 24.4 Å². The van der Waals surface area contributed by atoms with E-state index in [9.17, 15) is 9.59 Å². The molecule has 0 spiro atoms. The minimum Gasteiger partial charge on any atom is -0.351 e. The fraction of sp³-hybridized carbons (Fsp3) is 0.222. The molecule has 4 nitrogen and oxygen atoms in total. The maximum atomic E-state index is 11.9. The smallest absolute Gasteiger partial charge is 0.251 e. The van der Waals surface area contributed by atoms with E-state index in [0.29, 0.717) is 16.5 Å². The van der Waals surface area contributed by atoms with Crippen LogP contribution in [-0.4, -0.2) is 24.4 Å². The van der Waals surface area contributed by atoms with Gasteiger partial charge < -0.3 is 10.6 Å². The Kier molecular flexibility index (Phi) is 4.63. The lowest BCUT2D eigenvalue weighted by Gasteiger charge is -2.07. The molecule has 0 aromatic heterocycles. The maximum absolute atomic E-state index is 11.9. The first kappa shape index (κ1) is 15.6. The lowest BCUT2D eigenvalue weighted by Crippen LogP contribution is -2.38. The summed E-state index contributed by atoms with van der Waals surface area (Å²) in [4.78, 5) is 23.8. The minimum atomic E-state index is -0.247. The zero-order valence-corrected chi connectivity index (χ0v) is 13.2. The molecule has 2 N–H and O–H groups in total. The first-order valence-electron chi connectivity index (χ1n) is 7.51. The topological polar surface area (TPSA) is 58.2 Å². The Morgan fingerprint density at radius 2 is 1.87 bits per heavy atom. The zero-order valence-electron chi connectivity index (χ0n) is 12.5. The van der Waals surface area contributed by atoms with E-state index in [0.717, 1.165) is 12.0 Å². The molecular formula is C18H17ClN2O2. The molecule has 2 atom stereocenters. The Balaban J connectivity index is 1.45. The third-order valence-corrected chi connectivity index (χ3v) is 4.09. The largest absolute Gasteiger partial charge is 0.351 e. The van der Waals surface area contributed by atoms with Gasteiger partial charge in [-0.15, -0.1) is 0 Å². The van der Waals surface area contributed by atoms with Crippen LogP contribution in [0.25, 0.3) is 0 Å². The van der Waals surface area contributed by atoms with E-state index in [1.807, 2.05) is 30.3 Å². The number of nitrogens with one attached hydrogen (secondary N) is 2. The summed E-state index contributed by atoms with van der Waals surface area (Å²) in [5, 5.41) is 6.26. The van der Waals surface area contributed by atoms with E-state index in [1.54, 1.807) is 24.3 Å². The molecule has 2 amide bonds. The highest BCUT2D eigenvalue weighted by molar-refractivity contribution is 6.30. The molecule has 2 unspecified atom stereocenters. The normalized spacial score (nSPS) is 19.0. The Hall–Kier alpha value is -2.33. The molecule has 1 aliphatic rings. The quantitative estimate of drug-likeness (QED) is 0.886. The second kappa shape index (κ2) is 6.84. The molecule has 1 fully saturated rings. The number of carbonyl (C=O) groups is 2. The first-order chi connectivity index (χ1) is 11.1. The highest BCUT2D eigenvalue weighted by Gasteiger charge is 2.39. The Bertz CT molecular complexity index is 718. The summed E-state index contributed by atoms with van der Waals surface area (Å²) in [5.74, 6) is -0.116. The highest BCUT2D eigenvalue weighted by atomic mass is 35.5. The van der Waals surface area contributed by atoms with Crippen molar-refractivity contribution in [3.05, 3.63) is 70.7 Å². The Labute approximate surface area is 139 Å². The van der Waals surface area contributed by atoms with Crippen LogP contribution in [0.3, 0.4) is 0 Å². The van der Waals surface area contributed by atoms with Crippen molar-refractivity contribution in [3.8, 4) is 0 Å². The molecule has 3 rings (SSSR count). The van der Waals surface area contributed by atoms with Gasteiger partial charge in [0.2, 0.25) is 5.91 Å². The van der Waals surface area contributed by atoms with Gasteiger partial charge in [-0.25, -0.2) is 0 Å². The summed E-state index contributed by atoms with van der Waals surface area (Å²) < 4.78 is 0. The summed E-state index contributed by atoms with van der Waals surface area (Å²) in [5.41, 5.74) is 1.68. The molecule has 118 valence electrons. The van der Waals surface area contributed by atoms with Gasteiger partial charge in [-0.05, 0) is 36.2 Å². The number of benzene rings is 2. The van der Waals surface area contributed by atoms with Crippen molar-refractivity contribution in [1.82, 2.24) is 10.6 Å². The van der Waals surface area contributed by atoms with Crippen LogP contribution < -0.4 is 10.6 Å². The van der Waals surface area contributed by atoms with Gasteiger partial charge >= 0.3 is 0 Å². The van der Waals surface area contributed by atoms with Crippen LogP contribution in [0.15, 0.2) is 54.6 Å². The Morgan fingerprint density at radius 1 is 1.09 bits per heavy atom. The van der Waals surface area contributed by atoms with Crippen LogP contribution in [0.5, 0.6) is 0 Å². The highest BCUT2D eigenvalue weighted by Crippen LogP contribution is 2.41. The molecule has 0 heterocycles. The molecule has 0 bridgehead atoms. The van der Waals surface area contributed by atoms with Gasteiger partial charge in [0, 0.05) is 22.5 Å². The van der Waals surface area contributed by atoms with Gasteiger partial charge in [0.05, 0.1) is 6.54 Å². The molecule has 2 aromatic carbocycles. The van der Waals surface area contributed by atoms with E-state index >= 15 is 0 Å². The summed E-state index contributed by atoms with van der Waals surface area (Å²) in [7, 11) is 0. The molecule has 0 saturated heterocycles. The summed E-state index contributed by atoms with van der Waals surface area (Å²) in [6, 6.07) is 16.6. The average molecular weight is 329 g/mol. The molecular weight excluding hydrogens is 312 g/mol. The van der Waals surface area contributed by atoms with Crippen LogP contribution in [0.1, 0.15) is 28.3 Å². The van der Waals surface area contributed by atoms with E-state index in [2.05, 4.69) is 10.6 Å². The van der Waals surface area contributed by atoms with Crippen molar-refractivity contribution in [2.24, 2.45) is 0 Å². The summed E-state index contributed by atoms with van der Waals surface area (Å²) >= 11 is 5.98. The van der Waals surface area contributed by atoms with Crippen LogP contribution in [0, 0.1) is 0 Å². The monoisotopic (exact) mass is 328 g/mol. The first-order valence-corrected chi connectivity index (χ1v) is 7.89. The number of hydrogen-bond acceptors (Lipinski definition) is 2. The number of carbonyl (C=O) groups excluding carboxylic acids is 2. The fourth-order valence-corrected chi connectivity index (χ4v) is 2.77. The maximum Gasteiger partial charge on any atom is 0.251 e. The van der Waals surface area contributed by atoms with Crippen molar-refractivity contribution in [1.29, 1.82) is 0 Å². The van der Waals surface area contributed by atoms with Crippen molar-refractivity contribution < 1.29 is 9.59 Å². The van der Waals surface area contributed by atoms with Crippen molar-refractivity contribution in [2.45, 2.75) is 18.4 Å². The Morgan fingerprint density at radius 3 is 2.61 bits per heavy atom. The minimum absolute atomic E-state index is 0.0213. The molecule has 0 aliphatic heterocycles. The van der Waals surface area contributed by atoms with Crippen LogP contribution in [0.4, 0.5) is 0 Å². The van der Waals surface area contributed by atoms with Gasteiger partial charge in [-0.2, -0.15) is 0 Å². The second-order valence-corrected chi connectivity index (χ2v) is 6.06. The predicted octanol–water partition coefficient (Wildman–Crippen LogP) is 2.74. The standard InChI is InChI=1S/C18H17ClN2O2/c19-14-8-4-7-13(9-14)15-10-16(15)21-17(22)11-20-18(23)12-5-2-1-3-6-12/h1-9,15-16H,10-11H2,(H,20,23)(H,21,22). The van der Waals surface area contributed by atoms with E-state index in [4.69, 9.17) is 11.6 Å². The van der Waals surface area contributed by atoms with E-state index in [1.165, 1.54) is 0 Å². The van der Waals surface area contributed by atoms with Gasteiger partial charge in [0.1, 0.15) is 0 Å². The number of rotatable bonds is 5. The lowest BCUT2D eigenvalue weighted by atomic mass is 10.1. The predicted molar refractivity (Wildman–Crippen MR) is 89.5 cm³/mol. The van der Waals surface area contributed by atoms with Crippen molar-refractivity contribution >= 4 is 23.4 Å². The molecule has 23 heavy (non-hydrogen) atoms. The SMILES string of the molecule is O=C(CNC(=O)c1ccccc1)NC1CC1c1cccc(Cl)c1. The van der Waals surface area contributed by atoms with Gasteiger partial charge in [-0.3, -0.25) is 9.59 Å². The molecule has 2 aromatic rings. The third kappa shape index (κ3) is 4.11. The lowest BCUT2D eigenvalue weighted by molar-refractivity contribution is -0.120. The molecule has 5 heteroatoms. The fourth-order valence-electron chi connectivity index (χ4n) is 2.57. The second-order valence-electron chi connectivity index (χ2n) is 5.62. The third-order valence-electron chi connectivity index (χ3n) is 3.86. The van der Waals surface area contributed by atoms with Crippen LogP contribution >= 0.6 is 11.6 Å². The van der Waals surface area contributed by atoms with Crippen molar-refractivity contribution in [2.75, 3.05) is 6.54 Å². The molecule has 0 radical (unpaired) electrons. The number of halogens is 1. The number of amides is 2.